The van der Waals surface area contributed by atoms with Gasteiger partial charge in [0.15, 0.2) is 0 Å². The number of carbonyl (C=O) groups is 2. The van der Waals surface area contributed by atoms with Crippen LogP contribution in [0.5, 0.6) is 0 Å². The van der Waals surface area contributed by atoms with E-state index in [2.05, 4.69) is 29.0 Å². The molecule has 0 saturated heterocycles. The van der Waals surface area contributed by atoms with Gasteiger partial charge >= 0.3 is 0 Å². The smallest absolute Gasteiger partial charge is 0.287 e. The molecular formula is C23H29NO3. The highest BCUT2D eigenvalue weighted by molar-refractivity contribution is 6.36. The molecule has 1 rings (SSSR count). The second-order valence-corrected chi connectivity index (χ2v) is 6.17. The number of hydrogen-bond acceptors (Lipinski definition) is 3. The lowest BCUT2D eigenvalue weighted by Crippen LogP contribution is -2.31. The number of rotatable bonds is 10. The van der Waals surface area contributed by atoms with Gasteiger partial charge in [-0.05, 0) is 25.0 Å². The number of ketones is 1. The molecule has 0 saturated carbocycles. The number of nitrogens with one attached hydrogen (secondary N) is 1. The monoisotopic (exact) mass is 367 g/mol. The number of benzene rings is 1. The molecule has 0 aromatic heterocycles. The topological polar surface area (TPSA) is 66.4 Å². The Balaban J connectivity index is 2.43. The van der Waals surface area contributed by atoms with Crippen LogP contribution in [0.15, 0.2) is 24.3 Å². The maximum Gasteiger partial charge on any atom is 0.287 e. The first kappa shape index (κ1) is 22.5. The van der Waals surface area contributed by atoms with Crippen molar-refractivity contribution in [3.05, 3.63) is 35.4 Å². The lowest BCUT2D eigenvalue weighted by molar-refractivity contribution is -0.137. The first-order chi connectivity index (χ1) is 13.2. The Bertz CT molecular complexity index is 716. The molecule has 4 nitrogen and oxygen atoms in total. The summed E-state index contributed by atoms with van der Waals surface area (Å²) in [7, 11) is 0. The minimum Gasteiger partial charge on any atom is -0.396 e. The number of aliphatic hydroxyl groups is 1. The van der Waals surface area contributed by atoms with Crippen molar-refractivity contribution in [2.45, 2.75) is 58.3 Å². The normalized spacial score (nSPS) is 9.56. The van der Waals surface area contributed by atoms with Crippen molar-refractivity contribution in [3.8, 4) is 23.7 Å². The van der Waals surface area contributed by atoms with Crippen LogP contribution in [0.1, 0.15) is 69.4 Å². The quantitative estimate of drug-likeness (QED) is 0.379. The van der Waals surface area contributed by atoms with Crippen LogP contribution >= 0.6 is 0 Å². The Labute approximate surface area is 162 Å². The van der Waals surface area contributed by atoms with Gasteiger partial charge in [0.25, 0.3) is 5.91 Å². The molecule has 144 valence electrons. The second-order valence-electron chi connectivity index (χ2n) is 6.17. The van der Waals surface area contributed by atoms with E-state index in [1.165, 1.54) is 0 Å². The van der Waals surface area contributed by atoms with Crippen molar-refractivity contribution >= 4 is 11.7 Å². The average Bonchev–Trinajstić information content (AvgIpc) is 2.69. The van der Waals surface area contributed by atoms with Gasteiger partial charge in [0.1, 0.15) is 0 Å². The number of hydrogen-bond donors (Lipinski definition) is 2. The Hall–Kier alpha value is -2.56. The van der Waals surface area contributed by atoms with Gasteiger partial charge in [0.2, 0.25) is 5.78 Å². The van der Waals surface area contributed by atoms with Crippen molar-refractivity contribution in [3.63, 3.8) is 0 Å². The zero-order valence-electron chi connectivity index (χ0n) is 16.1. The standard InChI is InChI=1S/C23H29NO3/c1-2-22(26)23(27)24-18-12-11-17-21-16-10-9-15-20(21)14-8-6-4-3-5-7-13-19-25/h9-10,15-16,25H,2-7,12-13,18-19H2,1H3,(H,24,27). The molecule has 2 N–H and O–H groups in total. The van der Waals surface area contributed by atoms with Crippen LogP contribution in [0.3, 0.4) is 0 Å². The highest BCUT2D eigenvalue weighted by Gasteiger charge is 2.08. The Kier molecular flexibility index (Phi) is 12.2. The second kappa shape index (κ2) is 14.6. The Morgan fingerprint density at radius 1 is 0.926 bits per heavy atom. The minimum atomic E-state index is -0.540. The molecule has 0 bridgehead atoms. The van der Waals surface area contributed by atoms with Crippen LogP contribution in [0.2, 0.25) is 0 Å². The largest absolute Gasteiger partial charge is 0.396 e. The van der Waals surface area contributed by atoms with E-state index >= 15 is 0 Å². The summed E-state index contributed by atoms with van der Waals surface area (Å²) in [5.41, 5.74) is 1.79. The molecule has 27 heavy (non-hydrogen) atoms. The lowest BCUT2D eigenvalue weighted by atomic mass is 10.1. The molecule has 0 aliphatic heterocycles. The molecule has 0 spiro atoms. The minimum absolute atomic E-state index is 0.215. The summed E-state index contributed by atoms with van der Waals surface area (Å²) < 4.78 is 0. The molecule has 4 heteroatoms. The maximum absolute atomic E-state index is 11.4. The SMILES string of the molecule is CCC(=O)C(=O)NCCC#Cc1ccccc1C#CCCCCCCCO. The number of unbranched alkanes of at least 4 members (excludes halogenated alkanes) is 5. The lowest BCUT2D eigenvalue weighted by Gasteiger charge is -1.99. The third kappa shape index (κ3) is 10.2. The van der Waals surface area contributed by atoms with Crippen LogP contribution < -0.4 is 5.32 Å². The van der Waals surface area contributed by atoms with Crippen LogP contribution in [0.25, 0.3) is 0 Å². The van der Waals surface area contributed by atoms with Gasteiger partial charge in [-0.3, -0.25) is 9.59 Å². The molecule has 0 heterocycles. The first-order valence-electron chi connectivity index (χ1n) is 9.67. The number of carbonyl (C=O) groups excluding carboxylic acids is 2. The zero-order chi connectivity index (χ0) is 19.7. The predicted molar refractivity (Wildman–Crippen MR) is 108 cm³/mol. The molecule has 1 aromatic rings. The van der Waals surface area contributed by atoms with Crippen LogP contribution in [0, 0.1) is 23.7 Å². The summed E-state index contributed by atoms with van der Waals surface area (Å²) in [5, 5.41) is 11.3. The van der Waals surface area contributed by atoms with E-state index in [0.717, 1.165) is 49.7 Å². The summed E-state index contributed by atoms with van der Waals surface area (Å²) in [6.45, 7) is 2.31. The van der Waals surface area contributed by atoms with Crippen molar-refractivity contribution in [2.75, 3.05) is 13.2 Å². The molecule has 0 aliphatic rings. The van der Waals surface area contributed by atoms with Gasteiger partial charge < -0.3 is 10.4 Å². The van der Waals surface area contributed by atoms with E-state index in [1.54, 1.807) is 6.92 Å². The summed E-state index contributed by atoms with van der Waals surface area (Å²) in [6, 6.07) is 7.77. The van der Waals surface area contributed by atoms with Crippen molar-refractivity contribution in [2.24, 2.45) is 0 Å². The van der Waals surface area contributed by atoms with Crippen LogP contribution in [0.4, 0.5) is 0 Å². The van der Waals surface area contributed by atoms with Gasteiger partial charge in [-0.1, -0.05) is 62.0 Å². The highest BCUT2D eigenvalue weighted by atomic mass is 16.3. The third-order valence-electron chi connectivity index (χ3n) is 3.94. The van der Waals surface area contributed by atoms with E-state index < -0.39 is 11.7 Å². The maximum atomic E-state index is 11.4. The average molecular weight is 367 g/mol. The van der Waals surface area contributed by atoms with Gasteiger partial charge in [0.05, 0.1) is 0 Å². The van der Waals surface area contributed by atoms with Crippen molar-refractivity contribution in [1.82, 2.24) is 5.32 Å². The molecular weight excluding hydrogens is 338 g/mol. The molecule has 0 aliphatic carbocycles. The summed E-state index contributed by atoms with van der Waals surface area (Å²) in [4.78, 5) is 22.5. The van der Waals surface area contributed by atoms with Gasteiger partial charge in [0, 0.05) is 43.5 Å². The predicted octanol–water partition coefficient (Wildman–Crippen LogP) is 3.21. The molecule has 0 radical (unpaired) electrons. The number of Topliss-reactive ketones (excluding diaryl/α,β-unsaturated/α-hetero) is 1. The fraction of sp³-hybridized carbons (Fsp3) is 0.478. The van der Waals surface area contributed by atoms with Gasteiger partial charge in [-0.2, -0.15) is 0 Å². The summed E-state index contributed by atoms with van der Waals surface area (Å²) in [5.74, 6) is 11.6. The van der Waals surface area contributed by atoms with E-state index in [9.17, 15) is 9.59 Å². The van der Waals surface area contributed by atoms with Crippen LogP contribution in [-0.4, -0.2) is 29.9 Å². The van der Waals surface area contributed by atoms with Gasteiger partial charge in [-0.25, -0.2) is 0 Å². The first-order valence-corrected chi connectivity index (χ1v) is 9.67. The fourth-order valence-corrected chi connectivity index (χ4v) is 2.37. The van der Waals surface area contributed by atoms with Gasteiger partial charge in [-0.15, -0.1) is 0 Å². The highest BCUT2D eigenvalue weighted by Crippen LogP contribution is 2.07. The van der Waals surface area contributed by atoms with E-state index in [0.29, 0.717) is 13.0 Å². The molecule has 0 atom stereocenters. The van der Waals surface area contributed by atoms with E-state index in [4.69, 9.17) is 5.11 Å². The molecule has 0 unspecified atom stereocenters. The summed E-state index contributed by atoms with van der Waals surface area (Å²) in [6.07, 6.45) is 6.88. The van der Waals surface area contributed by atoms with E-state index in [-0.39, 0.29) is 13.0 Å². The van der Waals surface area contributed by atoms with Crippen molar-refractivity contribution < 1.29 is 14.7 Å². The zero-order valence-corrected chi connectivity index (χ0v) is 16.1. The Morgan fingerprint density at radius 2 is 1.52 bits per heavy atom. The molecule has 1 aromatic carbocycles. The fourth-order valence-electron chi connectivity index (χ4n) is 2.37. The molecule has 1 amide bonds. The van der Waals surface area contributed by atoms with E-state index in [1.807, 2.05) is 24.3 Å². The summed E-state index contributed by atoms with van der Waals surface area (Å²) >= 11 is 0. The van der Waals surface area contributed by atoms with Crippen LogP contribution in [-0.2, 0) is 9.59 Å². The Morgan fingerprint density at radius 3 is 2.15 bits per heavy atom. The third-order valence-corrected chi connectivity index (χ3v) is 3.94. The number of aliphatic hydroxyl groups excluding tert-OH is 1. The molecule has 0 fully saturated rings. The van der Waals surface area contributed by atoms with Crippen molar-refractivity contribution in [1.29, 1.82) is 0 Å². The number of amides is 1.